The Morgan fingerprint density at radius 1 is 1.39 bits per heavy atom. The van der Waals surface area contributed by atoms with Gasteiger partial charge in [-0.3, -0.25) is 4.99 Å². The third kappa shape index (κ3) is 3.20. The molecule has 2 N–H and O–H groups in total. The molecule has 0 saturated carbocycles. The van der Waals surface area contributed by atoms with Crippen molar-refractivity contribution in [2.24, 2.45) is 4.99 Å². The zero-order valence-electron chi connectivity index (χ0n) is 10.9. The molecular formula is C14H18N4. The number of anilines is 1. The van der Waals surface area contributed by atoms with Crippen LogP contribution >= 0.6 is 0 Å². The summed E-state index contributed by atoms with van der Waals surface area (Å²) in [5, 5.41) is 3.17. The molecule has 0 atom stereocenters. The van der Waals surface area contributed by atoms with E-state index in [1.54, 1.807) is 6.34 Å². The van der Waals surface area contributed by atoms with Crippen LogP contribution in [0.2, 0.25) is 0 Å². The van der Waals surface area contributed by atoms with Gasteiger partial charge in [0.25, 0.3) is 0 Å². The SMILES string of the molecule is Cc1ncc(-c2cccc(NC=NC(C)C)c2)[nH]1. The van der Waals surface area contributed by atoms with E-state index in [0.717, 1.165) is 22.8 Å². The smallest absolute Gasteiger partial charge is 0.103 e. The van der Waals surface area contributed by atoms with Crippen molar-refractivity contribution in [1.82, 2.24) is 9.97 Å². The zero-order valence-corrected chi connectivity index (χ0v) is 10.9. The Kier molecular flexibility index (Phi) is 3.77. The summed E-state index contributed by atoms with van der Waals surface area (Å²) in [4.78, 5) is 11.7. The second-order valence-corrected chi connectivity index (χ2v) is 4.48. The first-order valence-electron chi connectivity index (χ1n) is 6.05. The van der Waals surface area contributed by atoms with E-state index in [9.17, 15) is 0 Å². The Bertz CT molecular complexity index is 540. The number of hydrogen-bond donors (Lipinski definition) is 2. The van der Waals surface area contributed by atoms with Crippen LogP contribution in [0.5, 0.6) is 0 Å². The van der Waals surface area contributed by atoms with Crippen LogP contribution in [0, 0.1) is 6.92 Å². The van der Waals surface area contributed by atoms with E-state index in [2.05, 4.69) is 32.4 Å². The highest BCUT2D eigenvalue weighted by atomic mass is 14.9. The minimum Gasteiger partial charge on any atom is -0.347 e. The van der Waals surface area contributed by atoms with Crippen LogP contribution in [0.25, 0.3) is 11.3 Å². The predicted octanol–water partition coefficient (Wildman–Crippen LogP) is 3.23. The van der Waals surface area contributed by atoms with Crippen molar-refractivity contribution >= 4 is 12.0 Å². The third-order valence-corrected chi connectivity index (χ3v) is 2.48. The molecule has 0 radical (unpaired) electrons. The molecule has 4 nitrogen and oxygen atoms in total. The maximum atomic E-state index is 4.27. The molecule has 2 rings (SSSR count). The van der Waals surface area contributed by atoms with Gasteiger partial charge >= 0.3 is 0 Å². The number of nitrogens with zero attached hydrogens (tertiary/aromatic N) is 2. The fraction of sp³-hybridized carbons (Fsp3) is 0.286. The number of aromatic amines is 1. The van der Waals surface area contributed by atoms with Gasteiger partial charge in [-0.2, -0.15) is 0 Å². The molecule has 0 amide bonds. The summed E-state index contributed by atoms with van der Waals surface area (Å²) in [5.41, 5.74) is 3.15. The lowest BCUT2D eigenvalue weighted by atomic mass is 10.1. The number of aryl methyl sites for hydroxylation is 1. The van der Waals surface area contributed by atoms with Gasteiger partial charge < -0.3 is 10.3 Å². The normalized spacial score (nSPS) is 11.3. The van der Waals surface area contributed by atoms with Gasteiger partial charge in [0.15, 0.2) is 0 Å². The Balaban J connectivity index is 2.15. The average Bonchev–Trinajstić information content (AvgIpc) is 2.76. The molecule has 1 aromatic heterocycles. The van der Waals surface area contributed by atoms with E-state index < -0.39 is 0 Å². The highest BCUT2D eigenvalue weighted by Gasteiger charge is 2.01. The number of hydrogen-bond acceptors (Lipinski definition) is 2. The fourth-order valence-corrected chi connectivity index (χ4v) is 1.60. The van der Waals surface area contributed by atoms with Gasteiger partial charge in [-0.25, -0.2) is 4.98 Å². The monoisotopic (exact) mass is 242 g/mol. The molecule has 4 heteroatoms. The molecule has 0 aliphatic carbocycles. The molecule has 0 saturated heterocycles. The van der Waals surface area contributed by atoms with E-state index in [-0.39, 0.29) is 0 Å². The highest BCUT2D eigenvalue weighted by Crippen LogP contribution is 2.20. The minimum atomic E-state index is 0.302. The standard InChI is InChI=1S/C14H18N4/c1-10(2)16-9-17-13-6-4-5-12(7-13)14-8-15-11(3)18-14/h4-10H,1-3H3,(H,15,18)(H,16,17). The predicted molar refractivity (Wildman–Crippen MR) is 76.0 cm³/mol. The first-order valence-corrected chi connectivity index (χ1v) is 6.05. The van der Waals surface area contributed by atoms with E-state index in [0.29, 0.717) is 6.04 Å². The first kappa shape index (κ1) is 12.4. The molecule has 1 heterocycles. The van der Waals surface area contributed by atoms with Crippen molar-refractivity contribution in [3.05, 3.63) is 36.3 Å². The molecule has 2 aromatic rings. The lowest BCUT2D eigenvalue weighted by Crippen LogP contribution is -1.98. The maximum absolute atomic E-state index is 4.27. The second-order valence-electron chi connectivity index (χ2n) is 4.48. The van der Waals surface area contributed by atoms with Crippen molar-refractivity contribution in [3.8, 4) is 11.3 Å². The molecule has 18 heavy (non-hydrogen) atoms. The van der Waals surface area contributed by atoms with Crippen LogP contribution in [-0.4, -0.2) is 22.3 Å². The number of aliphatic imine (C=N–C) groups is 1. The van der Waals surface area contributed by atoms with Gasteiger partial charge in [-0.15, -0.1) is 0 Å². The van der Waals surface area contributed by atoms with Crippen LogP contribution in [0.3, 0.4) is 0 Å². The summed E-state index contributed by atoms with van der Waals surface area (Å²) in [6, 6.07) is 8.45. The number of nitrogens with one attached hydrogen (secondary N) is 2. The first-order chi connectivity index (χ1) is 8.65. The van der Waals surface area contributed by atoms with Crippen molar-refractivity contribution in [3.63, 3.8) is 0 Å². The zero-order chi connectivity index (χ0) is 13.0. The molecular weight excluding hydrogens is 224 g/mol. The Hall–Kier alpha value is -2.10. The van der Waals surface area contributed by atoms with Crippen LogP contribution in [0.1, 0.15) is 19.7 Å². The quantitative estimate of drug-likeness (QED) is 0.639. The maximum Gasteiger partial charge on any atom is 0.103 e. The van der Waals surface area contributed by atoms with Crippen LogP contribution in [0.4, 0.5) is 5.69 Å². The number of aromatic nitrogens is 2. The van der Waals surface area contributed by atoms with E-state index in [1.807, 2.05) is 39.1 Å². The summed E-state index contributed by atoms with van der Waals surface area (Å²) in [5.74, 6) is 0.921. The van der Waals surface area contributed by atoms with Gasteiger partial charge in [-0.1, -0.05) is 12.1 Å². The molecule has 1 aromatic carbocycles. The Morgan fingerprint density at radius 3 is 2.89 bits per heavy atom. The summed E-state index contributed by atoms with van der Waals surface area (Å²) in [7, 11) is 0. The molecule has 94 valence electrons. The van der Waals surface area contributed by atoms with Gasteiger partial charge in [-0.05, 0) is 32.9 Å². The number of benzene rings is 1. The molecule has 0 fully saturated rings. The molecule has 0 bridgehead atoms. The highest BCUT2D eigenvalue weighted by molar-refractivity contribution is 5.78. The molecule has 0 spiro atoms. The molecule has 0 aliphatic heterocycles. The van der Waals surface area contributed by atoms with Crippen molar-refractivity contribution in [2.75, 3.05) is 5.32 Å². The number of imidazole rings is 1. The molecule has 0 unspecified atom stereocenters. The summed E-state index contributed by atoms with van der Waals surface area (Å²) < 4.78 is 0. The second kappa shape index (κ2) is 5.49. The average molecular weight is 242 g/mol. The summed E-state index contributed by atoms with van der Waals surface area (Å²) >= 11 is 0. The van der Waals surface area contributed by atoms with Gasteiger partial charge in [0.1, 0.15) is 5.82 Å². The summed E-state index contributed by atoms with van der Waals surface area (Å²) in [6.45, 7) is 6.03. The lowest BCUT2D eigenvalue weighted by molar-refractivity contribution is 0.840. The van der Waals surface area contributed by atoms with Crippen LogP contribution in [0.15, 0.2) is 35.5 Å². The van der Waals surface area contributed by atoms with Gasteiger partial charge in [0.2, 0.25) is 0 Å². The van der Waals surface area contributed by atoms with Gasteiger partial charge in [0.05, 0.1) is 18.2 Å². The van der Waals surface area contributed by atoms with Crippen LogP contribution in [-0.2, 0) is 0 Å². The third-order valence-electron chi connectivity index (χ3n) is 2.48. The van der Waals surface area contributed by atoms with Crippen LogP contribution < -0.4 is 5.32 Å². The Morgan fingerprint density at radius 2 is 2.22 bits per heavy atom. The molecule has 0 aliphatic rings. The summed E-state index contributed by atoms with van der Waals surface area (Å²) in [6.07, 6.45) is 3.58. The van der Waals surface area contributed by atoms with E-state index in [4.69, 9.17) is 0 Å². The van der Waals surface area contributed by atoms with Crippen molar-refractivity contribution < 1.29 is 0 Å². The van der Waals surface area contributed by atoms with Gasteiger partial charge in [0, 0.05) is 17.3 Å². The van der Waals surface area contributed by atoms with E-state index >= 15 is 0 Å². The minimum absolute atomic E-state index is 0.302. The number of rotatable bonds is 4. The lowest BCUT2D eigenvalue weighted by Gasteiger charge is -2.03. The van der Waals surface area contributed by atoms with Crippen molar-refractivity contribution in [1.29, 1.82) is 0 Å². The van der Waals surface area contributed by atoms with Crippen molar-refractivity contribution in [2.45, 2.75) is 26.8 Å². The topological polar surface area (TPSA) is 53.1 Å². The Labute approximate surface area is 107 Å². The fourth-order valence-electron chi connectivity index (χ4n) is 1.60. The largest absolute Gasteiger partial charge is 0.347 e. The van der Waals surface area contributed by atoms with E-state index in [1.165, 1.54) is 0 Å². The number of H-pyrrole nitrogens is 1.